The maximum absolute atomic E-state index is 12.7. The molecule has 3 rings (SSSR count). The normalized spacial score (nSPS) is 21.0. The van der Waals surface area contributed by atoms with Crippen LogP contribution in [0.5, 0.6) is 0 Å². The first-order valence-corrected chi connectivity index (χ1v) is 11.4. The Hall–Kier alpha value is -1.00. The van der Waals surface area contributed by atoms with Crippen LogP contribution in [0.1, 0.15) is 25.7 Å². The van der Waals surface area contributed by atoms with E-state index in [2.05, 4.69) is 0 Å². The summed E-state index contributed by atoms with van der Waals surface area (Å²) in [4.78, 5) is 0.236. The SMILES string of the molecule is CN(C1CCCC1)S(=O)(=O)c1ccc(S(=O)(=O)N2CCOCC2)cc1. The Morgan fingerprint density at radius 3 is 2.04 bits per heavy atom. The van der Waals surface area contributed by atoms with E-state index in [4.69, 9.17) is 4.74 Å². The topological polar surface area (TPSA) is 84.0 Å². The Kier molecular flexibility index (Phi) is 5.50. The van der Waals surface area contributed by atoms with Crippen molar-refractivity contribution in [3.8, 4) is 0 Å². The molecule has 0 spiro atoms. The van der Waals surface area contributed by atoms with Crippen LogP contribution in [0.4, 0.5) is 0 Å². The molecule has 1 heterocycles. The smallest absolute Gasteiger partial charge is 0.243 e. The standard InChI is InChI=1S/C16H24N2O5S2/c1-17(14-4-2-3-5-14)24(19,20)15-6-8-16(9-7-15)25(21,22)18-10-12-23-13-11-18/h6-9,14H,2-5,10-13H2,1H3. The second-order valence-corrected chi connectivity index (χ2v) is 10.4. The zero-order valence-corrected chi connectivity index (χ0v) is 15.9. The van der Waals surface area contributed by atoms with Gasteiger partial charge in [-0.1, -0.05) is 12.8 Å². The van der Waals surface area contributed by atoms with Gasteiger partial charge >= 0.3 is 0 Å². The van der Waals surface area contributed by atoms with Crippen LogP contribution in [0.15, 0.2) is 34.1 Å². The fourth-order valence-corrected chi connectivity index (χ4v) is 6.17. The number of morpholine rings is 1. The van der Waals surface area contributed by atoms with E-state index in [1.165, 1.54) is 32.9 Å². The molecule has 2 fully saturated rings. The highest BCUT2D eigenvalue weighted by Gasteiger charge is 2.31. The predicted molar refractivity (Wildman–Crippen MR) is 93.2 cm³/mol. The number of hydrogen-bond donors (Lipinski definition) is 0. The maximum Gasteiger partial charge on any atom is 0.243 e. The molecule has 1 saturated heterocycles. The van der Waals surface area contributed by atoms with Crippen molar-refractivity contribution in [1.29, 1.82) is 0 Å². The molecular formula is C16H24N2O5S2. The van der Waals surface area contributed by atoms with E-state index in [-0.39, 0.29) is 15.8 Å². The summed E-state index contributed by atoms with van der Waals surface area (Å²) in [5, 5.41) is 0. The van der Waals surface area contributed by atoms with Crippen LogP contribution in [0.25, 0.3) is 0 Å². The fraction of sp³-hybridized carbons (Fsp3) is 0.625. The van der Waals surface area contributed by atoms with E-state index in [9.17, 15) is 16.8 Å². The van der Waals surface area contributed by atoms with Crippen molar-refractivity contribution >= 4 is 20.0 Å². The molecule has 0 unspecified atom stereocenters. The third-order valence-electron chi connectivity index (χ3n) is 4.95. The van der Waals surface area contributed by atoms with Gasteiger partial charge in [0, 0.05) is 26.2 Å². The van der Waals surface area contributed by atoms with Crippen LogP contribution >= 0.6 is 0 Å². The van der Waals surface area contributed by atoms with Crippen LogP contribution in [-0.4, -0.2) is 64.8 Å². The minimum absolute atomic E-state index is 0.0294. The van der Waals surface area contributed by atoms with Crippen LogP contribution in [0.3, 0.4) is 0 Å². The minimum atomic E-state index is -3.62. The summed E-state index contributed by atoms with van der Waals surface area (Å²) in [5.74, 6) is 0. The van der Waals surface area contributed by atoms with Crippen molar-refractivity contribution in [3.63, 3.8) is 0 Å². The monoisotopic (exact) mass is 388 g/mol. The summed E-state index contributed by atoms with van der Waals surface area (Å²) in [6, 6.07) is 5.55. The van der Waals surface area contributed by atoms with Crippen molar-refractivity contribution in [2.45, 2.75) is 41.5 Å². The summed E-state index contributed by atoms with van der Waals surface area (Å²) in [6.07, 6.45) is 3.83. The molecule has 1 aliphatic carbocycles. The van der Waals surface area contributed by atoms with Crippen LogP contribution in [0.2, 0.25) is 0 Å². The van der Waals surface area contributed by atoms with Gasteiger partial charge in [-0.2, -0.15) is 8.61 Å². The third-order valence-corrected chi connectivity index (χ3v) is 8.78. The average Bonchev–Trinajstić information content (AvgIpc) is 3.16. The quantitative estimate of drug-likeness (QED) is 0.758. The summed E-state index contributed by atoms with van der Waals surface area (Å²) in [6.45, 7) is 1.37. The lowest BCUT2D eigenvalue weighted by molar-refractivity contribution is 0.0730. The molecule has 9 heteroatoms. The molecule has 1 aliphatic heterocycles. The zero-order valence-electron chi connectivity index (χ0n) is 14.3. The molecule has 1 aromatic carbocycles. The summed E-state index contributed by atoms with van der Waals surface area (Å²) < 4.78 is 58.6. The van der Waals surface area contributed by atoms with Gasteiger partial charge in [-0.05, 0) is 37.1 Å². The van der Waals surface area contributed by atoms with E-state index in [1.807, 2.05) is 0 Å². The molecule has 0 atom stereocenters. The maximum atomic E-state index is 12.7. The first kappa shape index (κ1) is 18.8. The number of nitrogens with zero attached hydrogens (tertiary/aromatic N) is 2. The van der Waals surface area contributed by atoms with Crippen molar-refractivity contribution in [3.05, 3.63) is 24.3 Å². The van der Waals surface area contributed by atoms with E-state index in [0.29, 0.717) is 26.3 Å². The largest absolute Gasteiger partial charge is 0.379 e. The molecule has 0 bridgehead atoms. The number of sulfonamides is 2. The third kappa shape index (κ3) is 3.75. The van der Waals surface area contributed by atoms with Gasteiger partial charge in [0.15, 0.2) is 0 Å². The zero-order chi connectivity index (χ0) is 18.1. The predicted octanol–water partition coefficient (Wildman–Crippen LogP) is 1.27. The van der Waals surface area contributed by atoms with Gasteiger partial charge in [-0.15, -0.1) is 0 Å². The molecule has 1 saturated carbocycles. The van der Waals surface area contributed by atoms with Crippen molar-refractivity contribution in [1.82, 2.24) is 8.61 Å². The first-order chi connectivity index (χ1) is 11.8. The van der Waals surface area contributed by atoms with Crippen molar-refractivity contribution in [2.75, 3.05) is 33.4 Å². The Balaban J connectivity index is 1.81. The van der Waals surface area contributed by atoms with E-state index < -0.39 is 20.0 Å². The van der Waals surface area contributed by atoms with Gasteiger partial charge in [0.2, 0.25) is 20.0 Å². The molecule has 0 amide bonds. The van der Waals surface area contributed by atoms with Crippen molar-refractivity contribution in [2.24, 2.45) is 0 Å². The molecular weight excluding hydrogens is 364 g/mol. The van der Waals surface area contributed by atoms with Crippen LogP contribution in [0, 0.1) is 0 Å². The minimum Gasteiger partial charge on any atom is -0.379 e. The van der Waals surface area contributed by atoms with E-state index >= 15 is 0 Å². The van der Waals surface area contributed by atoms with Gasteiger partial charge in [0.25, 0.3) is 0 Å². The van der Waals surface area contributed by atoms with Gasteiger partial charge in [0.05, 0.1) is 23.0 Å². The molecule has 7 nitrogen and oxygen atoms in total. The molecule has 25 heavy (non-hydrogen) atoms. The molecule has 0 radical (unpaired) electrons. The number of rotatable bonds is 5. The number of benzene rings is 1. The second kappa shape index (κ2) is 7.32. The lowest BCUT2D eigenvalue weighted by Gasteiger charge is -2.26. The summed E-state index contributed by atoms with van der Waals surface area (Å²) in [5.41, 5.74) is 0. The van der Waals surface area contributed by atoms with Crippen molar-refractivity contribution < 1.29 is 21.6 Å². The molecule has 1 aromatic rings. The molecule has 2 aliphatic rings. The summed E-state index contributed by atoms with van der Waals surface area (Å²) >= 11 is 0. The highest BCUT2D eigenvalue weighted by molar-refractivity contribution is 7.89. The molecule has 0 aromatic heterocycles. The lowest BCUT2D eigenvalue weighted by Crippen LogP contribution is -2.40. The Morgan fingerprint density at radius 1 is 0.960 bits per heavy atom. The van der Waals surface area contributed by atoms with Crippen LogP contribution < -0.4 is 0 Å². The highest BCUT2D eigenvalue weighted by atomic mass is 32.2. The molecule has 140 valence electrons. The van der Waals surface area contributed by atoms with Gasteiger partial charge < -0.3 is 4.74 Å². The lowest BCUT2D eigenvalue weighted by atomic mass is 10.3. The number of hydrogen-bond acceptors (Lipinski definition) is 5. The Morgan fingerprint density at radius 2 is 1.48 bits per heavy atom. The van der Waals surface area contributed by atoms with Gasteiger partial charge in [-0.25, -0.2) is 16.8 Å². The highest BCUT2D eigenvalue weighted by Crippen LogP contribution is 2.28. The Bertz CT molecular complexity index is 793. The van der Waals surface area contributed by atoms with Gasteiger partial charge in [0.1, 0.15) is 0 Å². The van der Waals surface area contributed by atoms with E-state index in [1.54, 1.807) is 7.05 Å². The van der Waals surface area contributed by atoms with E-state index in [0.717, 1.165) is 25.7 Å². The first-order valence-electron chi connectivity index (χ1n) is 8.49. The van der Waals surface area contributed by atoms with Crippen LogP contribution in [-0.2, 0) is 24.8 Å². The average molecular weight is 389 g/mol. The number of ether oxygens (including phenoxy) is 1. The second-order valence-electron chi connectivity index (χ2n) is 6.45. The van der Waals surface area contributed by atoms with Gasteiger partial charge in [-0.3, -0.25) is 0 Å². The molecule has 0 N–H and O–H groups in total. The fourth-order valence-electron chi connectivity index (χ4n) is 3.35. The Labute approximate surface area is 149 Å². The summed E-state index contributed by atoms with van der Waals surface area (Å²) in [7, 11) is -5.62.